The highest BCUT2D eigenvalue weighted by atomic mass is 15.1. The Balaban J connectivity index is 1.35. The van der Waals surface area contributed by atoms with Gasteiger partial charge in [-0.15, -0.1) is 0 Å². The molecular weight excluding hydrogens is 607 g/mol. The Labute approximate surface area is 290 Å². The molecule has 0 aliphatic carbocycles. The van der Waals surface area contributed by atoms with Gasteiger partial charge in [-0.1, -0.05) is 146 Å². The lowest BCUT2D eigenvalue weighted by Gasteiger charge is -2.15. The second-order valence-electron chi connectivity index (χ2n) is 12.8. The van der Waals surface area contributed by atoms with Crippen molar-refractivity contribution in [1.82, 2.24) is 14.1 Å². The van der Waals surface area contributed by atoms with Crippen molar-refractivity contribution in [3.8, 4) is 45.0 Å². The van der Waals surface area contributed by atoms with Gasteiger partial charge in [-0.3, -0.25) is 4.57 Å². The second kappa shape index (κ2) is 11.5. The summed E-state index contributed by atoms with van der Waals surface area (Å²) in [6.45, 7) is 0. The highest BCUT2D eigenvalue weighted by Gasteiger charge is 2.22. The van der Waals surface area contributed by atoms with Crippen molar-refractivity contribution in [3.05, 3.63) is 188 Å². The van der Waals surface area contributed by atoms with Gasteiger partial charge in [0.15, 0.2) is 0 Å². The summed E-state index contributed by atoms with van der Waals surface area (Å²) in [5, 5.41) is 4.84. The number of nitrogens with zero attached hydrogens (tertiary/aromatic N) is 3. The lowest BCUT2D eigenvalue weighted by Crippen LogP contribution is -2.01. The Morgan fingerprint density at radius 2 is 0.800 bits per heavy atom. The van der Waals surface area contributed by atoms with Crippen LogP contribution in [0.1, 0.15) is 0 Å². The minimum Gasteiger partial charge on any atom is -0.307 e. The van der Waals surface area contributed by atoms with Crippen LogP contribution in [0, 0.1) is 0 Å². The van der Waals surface area contributed by atoms with Gasteiger partial charge >= 0.3 is 0 Å². The van der Waals surface area contributed by atoms with Crippen LogP contribution in [-0.2, 0) is 0 Å². The molecule has 50 heavy (non-hydrogen) atoms. The molecule has 3 nitrogen and oxygen atoms in total. The molecule has 3 heterocycles. The normalized spacial score (nSPS) is 11.6. The summed E-state index contributed by atoms with van der Waals surface area (Å²) in [4.78, 5) is 5.31. The molecular formula is C47H31N3. The summed E-state index contributed by atoms with van der Waals surface area (Å²) in [5.74, 6) is 0.893. The Morgan fingerprint density at radius 1 is 0.320 bits per heavy atom. The molecule has 0 radical (unpaired) electrons. The van der Waals surface area contributed by atoms with Crippen LogP contribution < -0.4 is 0 Å². The first-order chi connectivity index (χ1) is 24.8. The summed E-state index contributed by atoms with van der Waals surface area (Å²) < 4.78 is 4.84. The minimum atomic E-state index is 0.893. The molecule has 0 amide bonds. The Bertz CT molecular complexity index is 2790. The summed E-state index contributed by atoms with van der Waals surface area (Å²) in [6.07, 6.45) is 0. The summed E-state index contributed by atoms with van der Waals surface area (Å²) >= 11 is 0. The van der Waals surface area contributed by atoms with Crippen LogP contribution in [-0.4, -0.2) is 14.1 Å². The van der Waals surface area contributed by atoms with Crippen LogP contribution in [0.15, 0.2) is 188 Å². The van der Waals surface area contributed by atoms with Crippen molar-refractivity contribution in [3.63, 3.8) is 0 Å². The van der Waals surface area contributed by atoms with Gasteiger partial charge in [0.2, 0.25) is 0 Å². The second-order valence-corrected chi connectivity index (χ2v) is 12.8. The lowest BCUT2D eigenvalue weighted by atomic mass is 9.98. The molecule has 3 heteroatoms. The van der Waals surface area contributed by atoms with Crippen LogP contribution in [0.4, 0.5) is 0 Å². The average Bonchev–Trinajstić information content (AvgIpc) is 3.72. The van der Waals surface area contributed by atoms with Gasteiger partial charge in [0.1, 0.15) is 5.82 Å². The van der Waals surface area contributed by atoms with Gasteiger partial charge in [0.25, 0.3) is 0 Å². The highest BCUT2D eigenvalue weighted by molar-refractivity contribution is 6.23. The number of hydrogen-bond donors (Lipinski definition) is 0. The summed E-state index contributed by atoms with van der Waals surface area (Å²) in [7, 11) is 0. The van der Waals surface area contributed by atoms with E-state index in [2.05, 4.69) is 191 Å². The molecule has 3 aromatic heterocycles. The zero-order valence-corrected chi connectivity index (χ0v) is 27.2. The smallest absolute Gasteiger partial charge is 0.138 e. The topological polar surface area (TPSA) is 22.8 Å². The number of pyridine rings is 1. The number of rotatable bonds is 5. The van der Waals surface area contributed by atoms with Gasteiger partial charge < -0.3 is 4.57 Å². The van der Waals surface area contributed by atoms with Gasteiger partial charge in [-0.05, 0) is 64.7 Å². The maximum absolute atomic E-state index is 5.31. The largest absolute Gasteiger partial charge is 0.307 e. The van der Waals surface area contributed by atoms with Gasteiger partial charge in [0, 0.05) is 32.8 Å². The Morgan fingerprint density at radius 3 is 1.38 bits per heavy atom. The molecule has 0 aliphatic heterocycles. The monoisotopic (exact) mass is 637 g/mol. The van der Waals surface area contributed by atoms with Crippen molar-refractivity contribution >= 4 is 43.6 Å². The molecule has 0 N–H and O–H groups in total. The standard InChI is InChI=1S/C47H31N3/c1-4-15-32(16-5-1)35-29-36(33-17-6-2-7-18-33)31-37(30-35)49-43-24-12-10-21-38(43)40-27-28-41-39-22-11-13-25-44(39)50(47(41)46(40)49)45-26-14-23-42(48-45)34-19-8-3-9-20-34/h1-31H. The average molecular weight is 638 g/mol. The van der Waals surface area contributed by atoms with E-state index in [0.717, 1.165) is 39.3 Å². The van der Waals surface area contributed by atoms with Crippen molar-refractivity contribution in [2.24, 2.45) is 0 Å². The molecule has 0 spiro atoms. The maximum Gasteiger partial charge on any atom is 0.138 e. The van der Waals surface area contributed by atoms with Crippen LogP contribution in [0.5, 0.6) is 0 Å². The van der Waals surface area contributed by atoms with Gasteiger partial charge in [0.05, 0.1) is 27.8 Å². The van der Waals surface area contributed by atoms with Gasteiger partial charge in [-0.2, -0.15) is 0 Å². The fourth-order valence-corrected chi connectivity index (χ4v) is 7.66. The molecule has 10 aromatic rings. The predicted molar refractivity (Wildman–Crippen MR) is 209 cm³/mol. The molecule has 234 valence electrons. The van der Waals surface area contributed by atoms with Crippen molar-refractivity contribution in [2.45, 2.75) is 0 Å². The molecule has 0 saturated carbocycles. The number of fused-ring (bicyclic) bond motifs is 7. The van der Waals surface area contributed by atoms with Crippen molar-refractivity contribution in [1.29, 1.82) is 0 Å². The van der Waals surface area contributed by atoms with E-state index in [0.29, 0.717) is 0 Å². The molecule has 0 atom stereocenters. The van der Waals surface area contributed by atoms with E-state index >= 15 is 0 Å². The maximum atomic E-state index is 5.31. The fraction of sp³-hybridized carbons (Fsp3) is 0. The number of para-hydroxylation sites is 2. The van der Waals surface area contributed by atoms with E-state index < -0.39 is 0 Å². The van der Waals surface area contributed by atoms with Crippen molar-refractivity contribution in [2.75, 3.05) is 0 Å². The van der Waals surface area contributed by atoms with Crippen LogP contribution in [0.25, 0.3) is 88.6 Å². The van der Waals surface area contributed by atoms with E-state index in [1.165, 1.54) is 49.3 Å². The van der Waals surface area contributed by atoms with Crippen LogP contribution in [0.2, 0.25) is 0 Å². The first-order valence-electron chi connectivity index (χ1n) is 17.1. The van der Waals surface area contributed by atoms with Gasteiger partial charge in [-0.25, -0.2) is 4.98 Å². The third-order valence-electron chi connectivity index (χ3n) is 9.89. The van der Waals surface area contributed by atoms with E-state index in [1.54, 1.807) is 0 Å². The molecule has 0 unspecified atom stereocenters. The van der Waals surface area contributed by atoms with E-state index in [1.807, 2.05) is 6.07 Å². The zero-order valence-electron chi connectivity index (χ0n) is 27.2. The van der Waals surface area contributed by atoms with E-state index in [9.17, 15) is 0 Å². The molecule has 0 fully saturated rings. The molecule has 7 aromatic carbocycles. The third kappa shape index (κ3) is 4.48. The SMILES string of the molecule is c1ccc(-c2cc(-c3ccccc3)cc(-n3c4ccccc4c4ccc5c6ccccc6n(-c6cccc(-c7ccccc7)n6)c5c43)c2)cc1. The molecule has 0 aliphatic rings. The first-order valence-corrected chi connectivity index (χ1v) is 17.1. The number of hydrogen-bond acceptors (Lipinski definition) is 1. The minimum absolute atomic E-state index is 0.893. The van der Waals surface area contributed by atoms with Crippen LogP contribution in [0.3, 0.4) is 0 Å². The summed E-state index contributed by atoms with van der Waals surface area (Å²) in [5.41, 5.74) is 12.5. The zero-order chi connectivity index (χ0) is 33.0. The fourth-order valence-electron chi connectivity index (χ4n) is 7.66. The van der Waals surface area contributed by atoms with E-state index in [-0.39, 0.29) is 0 Å². The molecule has 0 saturated heterocycles. The summed E-state index contributed by atoms with van der Waals surface area (Å²) in [6, 6.07) is 67.3. The highest BCUT2D eigenvalue weighted by Crippen LogP contribution is 2.42. The Hall–Kier alpha value is -6.71. The van der Waals surface area contributed by atoms with Crippen molar-refractivity contribution < 1.29 is 0 Å². The lowest BCUT2D eigenvalue weighted by molar-refractivity contribution is 1.08. The predicted octanol–water partition coefficient (Wildman–Crippen LogP) is 12.3. The number of aromatic nitrogens is 3. The van der Waals surface area contributed by atoms with Crippen LogP contribution >= 0.6 is 0 Å². The first kappa shape index (κ1) is 28.3. The Kier molecular flexibility index (Phi) is 6.49. The number of benzene rings is 7. The van der Waals surface area contributed by atoms with E-state index in [4.69, 9.17) is 4.98 Å². The molecule has 10 rings (SSSR count). The third-order valence-corrected chi connectivity index (χ3v) is 9.89. The quantitative estimate of drug-likeness (QED) is 0.184. The molecule has 0 bridgehead atoms.